The zero-order valence-corrected chi connectivity index (χ0v) is 11.9. The standard InChI is InChI=1S/C13H16BrNO3/c1-17-13(16)10-2-3-11(12(14)8-10)9-15-4-6-18-7-5-15/h2-3,8H,4-7,9H2,1H3. The first kappa shape index (κ1) is 13.5. The van der Waals surface area contributed by atoms with Crippen LogP contribution in [0, 0.1) is 0 Å². The van der Waals surface area contributed by atoms with Gasteiger partial charge in [-0.1, -0.05) is 22.0 Å². The topological polar surface area (TPSA) is 38.8 Å². The van der Waals surface area contributed by atoms with E-state index in [1.807, 2.05) is 12.1 Å². The fourth-order valence-electron chi connectivity index (χ4n) is 1.92. The minimum absolute atomic E-state index is 0.311. The van der Waals surface area contributed by atoms with Gasteiger partial charge in [0.25, 0.3) is 0 Å². The number of halogens is 1. The van der Waals surface area contributed by atoms with Crippen LogP contribution in [0.5, 0.6) is 0 Å². The highest BCUT2D eigenvalue weighted by Crippen LogP contribution is 2.21. The van der Waals surface area contributed by atoms with Gasteiger partial charge in [-0.2, -0.15) is 0 Å². The fourth-order valence-corrected chi connectivity index (χ4v) is 2.42. The first-order chi connectivity index (χ1) is 8.70. The van der Waals surface area contributed by atoms with Gasteiger partial charge in [-0.05, 0) is 17.7 Å². The number of carbonyl (C=O) groups is 1. The number of morpholine rings is 1. The van der Waals surface area contributed by atoms with Crippen molar-refractivity contribution in [2.45, 2.75) is 6.54 Å². The average molecular weight is 314 g/mol. The molecule has 98 valence electrons. The Morgan fingerprint density at radius 1 is 1.44 bits per heavy atom. The third-order valence-corrected chi connectivity index (χ3v) is 3.71. The molecule has 0 aromatic heterocycles. The molecular weight excluding hydrogens is 298 g/mol. The molecule has 0 unspecified atom stereocenters. The van der Waals surface area contributed by atoms with Crippen molar-refractivity contribution in [3.05, 3.63) is 33.8 Å². The molecular formula is C13H16BrNO3. The molecule has 1 heterocycles. The van der Waals surface area contributed by atoms with E-state index in [0.29, 0.717) is 5.56 Å². The molecule has 0 N–H and O–H groups in total. The quantitative estimate of drug-likeness (QED) is 0.801. The second-order valence-electron chi connectivity index (χ2n) is 4.19. The van der Waals surface area contributed by atoms with Gasteiger partial charge in [0.05, 0.1) is 25.9 Å². The van der Waals surface area contributed by atoms with Gasteiger partial charge in [-0.25, -0.2) is 4.79 Å². The number of ether oxygens (including phenoxy) is 2. The lowest BCUT2D eigenvalue weighted by Crippen LogP contribution is -2.35. The molecule has 1 aliphatic heterocycles. The number of rotatable bonds is 3. The summed E-state index contributed by atoms with van der Waals surface area (Å²) in [6.07, 6.45) is 0. The van der Waals surface area contributed by atoms with E-state index in [4.69, 9.17) is 9.47 Å². The van der Waals surface area contributed by atoms with Crippen LogP contribution in [0.1, 0.15) is 15.9 Å². The molecule has 1 aromatic carbocycles. The number of carbonyl (C=O) groups excluding carboxylic acids is 1. The van der Waals surface area contributed by atoms with Crippen LogP contribution in [0.2, 0.25) is 0 Å². The Labute approximate surface area is 115 Å². The summed E-state index contributed by atoms with van der Waals surface area (Å²) >= 11 is 3.51. The predicted octanol–water partition coefficient (Wildman–Crippen LogP) is 2.07. The molecule has 1 aliphatic rings. The lowest BCUT2D eigenvalue weighted by molar-refractivity contribution is 0.0341. The SMILES string of the molecule is COC(=O)c1ccc(CN2CCOCC2)c(Br)c1. The van der Waals surface area contributed by atoms with Crippen molar-refractivity contribution in [1.29, 1.82) is 0 Å². The van der Waals surface area contributed by atoms with Crippen molar-refractivity contribution in [2.24, 2.45) is 0 Å². The van der Waals surface area contributed by atoms with Gasteiger partial charge in [0.15, 0.2) is 0 Å². The van der Waals surface area contributed by atoms with E-state index >= 15 is 0 Å². The molecule has 1 aromatic rings. The largest absolute Gasteiger partial charge is 0.465 e. The van der Waals surface area contributed by atoms with Gasteiger partial charge in [0.2, 0.25) is 0 Å². The van der Waals surface area contributed by atoms with Gasteiger partial charge in [0.1, 0.15) is 0 Å². The normalized spacial score (nSPS) is 16.6. The zero-order chi connectivity index (χ0) is 13.0. The smallest absolute Gasteiger partial charge is 0.337 e. The van der Waals surface area contributed by atoms with E-state index in [1.54, 1.807) is 6.07 Å². The highest BCUT2D eigenvalue weighted by molar-refractivity contribution is 9.10. The van der Waals surface area contributed by atoms with Crippen LogP contribution in [0.4, 0.5) is 0 Å². The van der Waals surface area contributed by atoms with Crippen molar-refractivity contribution < 1.29 is 14.3 Å². The number of esters is 1. The predicted molar refractivity (Wildman–Crippen MR) is 71.6 cm³/mol. The summed E-state index contributed by atoms with van der Waals surface area (Å²) in [5.41, 5.74) is 1.74. The number of hydrogen-bond donors (Lipinski definition) is 0. The molecule has 1 saturated heterocycles. The van der Waals surface area contributed by atoms with Crippen molar-refractivity contribution in [1.82, 2.24) is 4.90 Å². The fraction of sp³-hybridized carbons (Fsp3) is 0.462. The van der Waals surface area contributed by atoms with Crippen LogP contribution in [0.25, 0.3) is 0 Å². The van der Waals surface area contributed by atoms with E-state index in [1.165, 1.54) is 12.7 Å². The summed E-state index contributed by atoms with van der Waals surface area (Å²) in [7, 11) is 1.39. The van der Waals surface area contributed by atoms with Gasteiger partial charge in [0, 0.05) is 24.1 Å². The third-order valence-electron chi connectivity index (χ3n) is 2.97. The van der Waals surface area contributed by atoms with Crippen LogP contribution in [-0.2, 0) is 16.0 Å². The van der Waals surface area contributed by atoms with Crippen molar-refractivity contribution >= 4 is 21.9 Å². The Balaban J connectivity index is 2.07. The monoisotopic (exact) mass is 313 g/mol. The summed E-state index contributed by atoms with van der Waals surface area (Å²) < 4.78 is 11.0. The van der Waals surface area contributed by atoms with Gasteiger partial charge >= 0.3 is 5.97 Å². The van der Waals surface area contributed by atoms with Crippen molar-refractivity contribution in [3.63, 3.8) is 0 Å². The number of nitrogens with zero attached hydrogens (tertiary/aromatic N) is 1. The zero-order valence-electron chi connectivity index (χ0n) is 10.3. The van der Waals surface area contributed by atoms with E-state index in [-0.39, 0.29) is 5.97 Å². The van der Waals surface area contributed by atoms with Crippen LogP contribution in [0.3, 0.4) is 0 Å². The van der Waals surface area contributed by atoms with E-state index in [2.05, 4.69) is 20.8 Å². The summed E-state index contributed by atoms with van der Waals surface area (Å²) in [5, 5.41) is 0. The Morgan fingerprint density at radius 2 is 2.17 bits per heavy atom. The third kappa shape index (κ3) is 3.31. The second-order valence-corrected chi connectivity index (χ2v) is 5.04. The Bertz CT molecular complexity index is 430. The van der Waals surface area contributed by atoms with E-state index in [9.17, 15) is 4.79 Å². The van der Waals surface area contributed by atoms with Gasteiger partial charge in [-0.3, -0.25) is 4.90 Å². The number of benzene rings is 1. The van der Waals surface area contributed by atoms with Crippen molar-refractivity contribution in [3.8, 4) is 0 Å². The van der Waals surface area contributed by atoms with E-state index < -0.39 is 0 Å². The maximum atomic E-state index is 11.4. The summed E-state index contributed by atoms with van der Waals surface area (Å²) in [5.74, 6) is -0.311. The second kappa shape index (κ2) is 6.31. The molecule has 0 atom stereocenters. The summed E-state index contributed by atoms with van der Waals surface area (Å²) in [6, 6.07) is 5.57. The van der Waals surface area contributed by atoms with Crippen LogP contribution >= 0.6 is 15.9 Å². The average Bonchev–Trinajstić information content (AvgIpc) is 2.41. The molecule has 18 heavy (non-hydrogen) atoms. The van der Waals surface area contributed by atoms with E-state index in [0.717, 1.165) is 37.3 Å². The molecule has 1 fully saturated rings. The minimum atomic E-state index is -0.311. The number of methoxy groups -OCH3 is 1. The Morgan fingerprint density at radius 3 is 2.78 bits per heavy atom. The lowest BCUT2D eigenvalue weighted by atomic mass is 10.1. The molecule has 0 amide bonds. The number of hydrogen-bond acceptors (Lipinski definition) is 4. The molecule has 0 bridgehead atoms. The van der Waals surface area contributed by atoms with Crippen molar-refractivity contribution in [2.75, 3.05) is 33.4 Å². The van der Waals surface area contributed by atoms with Crippen LogP contribution < -0.4 is 0 Å². The Kier molecular flexibility index (Phi) is 4.74. The first-order valence-corrected chi connectivity index (χ1v) is 6.67. The van der Waals surface area contributed by atoms with Gasteiger partial charge < -0.3 is 9.47 Å². The summed E-state index contributed by atoms with van der Waals surface area (Å²) in [6.45, 7) is 4.34. The molecule has 5 heteroatoms. The minimum Gasteiger partial charge on any atom is -0.465 e. The maximum Gasteiger partial charge on any atom is 0.337 e. The molecule has 0 radical (unpaired) electrons. The molecule has 0 aliphatic carbocycles. The Hall–Kier alpha value is -0.910. The lowest BCUT2D eigenvalue weighted by Gasteiger charge is -2.27. The molecule has 0 saturated carbocycles. The highest BCUT2D eigenvalue weighted by atomic mass is 79.9. The molecule has 2 rings (SSSR count). The van der Waals surface area contributed by atoms with Crippen LogP contribution in [0.15, 0.2) is 22.7 Å². The first-order valence-electron chi connectivity index (χ1n) is 5.87. The van der Waals surface area contributed by atoms with Crippen LogP contribution in [-0.4, -0.2) is 44.3 Å². The summed E-state index contributed by atoms with van der Waals surface area (Å²) in [4.78, 5) is 13.7. The maximum absolute atomic E-state index is 11.4. The molecule has 4 nitrogen and oxygen atoms in total. The van der Waals surface area contributed by atoms with Gasteiger partial charge in [-0.15, -0.1) is 0 Å². The molecule has 0 spiro atoms. The highest BCUT2D eigenvalue weighted by Gasteiger charge is 2.13.